The topological polar surface area (TPSA) is 52.6 Å². The highest BCUT2D eigenvalue weighted by Gasteiger charge is 2.23. The lowest BCUT2D eigenvalue weighted by atomic mass is 10.1. The Morgan fingerprint density at radius 1 is 1.50 bits per heavy atom. The first-order valence-electron chi connectivity index (χ1n) is 6.27. The fourth-order valence-corrected chi connectivity index (χ4v) is 2.76. The van der Waals surface area contributed by atoms with E-state index in [0.29, 0.717) is 6.54 Å². The second-order valence-corrected chi connectivity index (χ2v) is 5.72. The van der Waals surface area contributed by atoms with Gasteiger partial charge < -0.3 is 10.4 Å². The van der Waals surface area contributed by atoms with Gasteiger partial charge in [0.25, 0.3) is 0 Å². The molecule has 1 aliphatic heterocycles. The highest BCUT2D eigenvalue weighted by atomic mass is 79.9. The molecular formula is C13H15BrF2N2O2. The number of aliphatic hydroxyl groups excluding tert-OH is 1. The molecule has 1 aromatic carbocycles. The van der Waals surface area contributed by atoms with Gasteiger partial charge in [-0.1, -0.05) is 0 Å². The van der Waals surface area contributed by atoms with Crippen LogP contribution < -0.4 is 5.32 Å². The molecule has 1 saturated heterocycles. The third kappa shape index (κ3) is 3.74. The number of nitrogens with zero attached hydrogens (tertiary/aromatic N) is 1. The summed E-state index contributed by atoms with van der Waals surface area (Å²) in [6.07, 6.45) is 0.846. The normalized spacial score (nSPS) is 19.3. The number of amides is 1. The molecule has 1 amide bonds. The molecule has 4 nitrogen and oxygen atoms in total. The number of aliphatic hydroxyl groups is 1. The number of hydrogen-bond acceptors (Lipinski definition) is 3. The predicted octanol–water partition coefficient (Wildman–Crippen LogP) is 1.98. The smallest absolute Gasteiger partial charge is 0.238 e. The van der Waals surface area contributed by atoms with Crippen LogP contribution in [0.2, 0.25) is 0 Å². The van der Waals surface area contributed by atoms with Crippen LogP contribution in [-0.2, 0) is 4.79 Å². The first kappa shape index (κ1) is 15.3. The predicted molar refractivity (Wildman–Crippen MR) is 74.3 cm³/mol. The lowest BCUT2D eigenvalue weighted by molar-refractivity contribution is -0.117. The number of nitrogens with one attached hydrogen (secondary N) is 1. The number of benzene rings is 1. The summed E-state index contributed by atoms with van der Waals surface area (Å²) in [5, 5.41) is 11.5. The van der Waals surface area contributed by atoms with Crippen molar-refractivity contribution < 1.29 is 18.7 Å². The van der Waals surface area contributed by atoms with Crippen molar-refractivity contribution in [3.63, 3.8) is 0 Å². The van der Waals surface area contributed by atoms with Crippen LogP contribution in [0.25, 0.3) is 0 Å². The van der Waals surface area contributed by atoms with Crippen LogP contribution in [0.4, 0.5) is 14.5 Å². The third-order valence-electron chi connectivity index (χ3n) is 3.27. The number of hydrogen-bond donors (Lipinski definition) is 2. The molecule has 110 valence electrons. The van der Waals surface area contributed by atoms with E-state index in [1.807, 2.05) is 4.90 Å². The van der Waals surface area contributed by atoms with Gasteiger partial charge in [-0.25, -0.2) is 8.78 Å². The van der Waals surface area contributed by atoms with Crippen LogP contribution in [0.15, 0.2) is 16.6 Å². The van der Waals surface area contributed by atoms with Crippen LogP contribution >= 0.6 is 15.9 Å². The molecule has 1 aliphatic rings. The average molecular weight is 349 g/mol. The molecule has 1 unspecified atom stereocenters. The van der Waals surface area contributed by atoms with Crippen molar-refractivity contribution in [2.24, 2.45) is 5.92 Å². The number of rotatable bonds is 4. The summed E-state index contributed by atoms with van der Waals surface area (Å²) >= 11 is 3.02. The van der Waals surface area contributed by atoms with Crippen molar-refractivity contribution in [1.29, 1.82) is 0 Å². The summed E-state index contributed by atoms with van der Waals surface area (Å²) in [6.45, 7) is 1.61. The molecule has 0 radical (unpaired) electrons. The summed E-state index contributed by atoms with van der Waals surface area (Å²) < 4.78 is 26.7. The highest BCUT2D eigenvalue weighted by molar-refractivity contribution is 9.10. The molecule has 1 atom stereocenters. The van der Waals surface area contributed by atoms with E-state index in [-0.39, 0.29) is 35.1 Å². The van der Waals surface area contributed by atoms with Crippen molar-refractivity contribution in [3.8, 4) is 0 Å². The van der Waals surface area contributed by atoms with E-state index in [0.717, 1.165) is 25.1 Å². The van der Waals surface area contributed by atoms with E-state index in [1.54, 1.807) is 0 Å². The Morgan fingerprint density at radius 3 is 2.85 bits per heavy atom. The van der Waals surface area contributed by atoms with Gasteiger partial charge in [0, 0.05) is 23.7 Å². The first-order valence-corrected chi connectivity index (χ1v) is 7.06. The van der Waals surface area contributed by atoms with Crippen LogP contribution in [0.1, 0.15) is 6.42 Å². The molecule has 0 spiro atoms. The van der Waals surface area contributed by atoms with Crippen LogP contribution in [0.5, 0.6) is 0 Å². The van der Waals surface area contributed by atoms with E-state index in [1.165, 1.54) is 0 Å². The minimum atomic E-state index is -0.820. The fraction of sp³-hybridized carbons (Fsp3) is 0.462. The van der Waals surface area contributed by atoms with Crippen molar-refractivity contribution >= 4 is 27.5 Å². The SMILES string of the molecule is O=C(CN1CCC(CO)C1)Nc1c(F)cc(F)cc1Br. The lowest BCUT2D eigenvalue weighted by Crippen LogP contribution is -2.32. The maximum atomic E-state index is 13.6. The van der Waals surface area contributed by atoms with Crippen molar-refractivity contribution in [2.75, 3.05) is 31.6 Å². The molecule has 2 rings (SSSR count). The average Bonchev–Trinajstić information content (AvgIpc) is 2.81. The van der Waals surface area contributed by atoms with Gasteiger partial charge in [0.1, 0.15) is 5.82 Å². The number of likely N-dealkylation sites (tertiary alicyclic amines) is 1. The molecule has 1 fully saturated rings. The Bertz CT molecular complexity index is 490. The Morgan fingerprint density at radius 2 is 2.25 bits per heavy atom. The number of halogens is 3. The standard InChI is InChI=1S/C13H15BrF2N2O2/c14-10-3-9(15)4-11(16)13(10)17-12(20)6-18-2-1-8(5-18)7-19/h3-4,8,19H,1-2,5-7H2,(H,17,20). The maximum Gasteiger partial charge on any atom is 0.238 e. The van der Waals surface area contributed by atoms with Gasteiger partial charge in [0.2, 0.25) is 5.91 Å². The van der Waals surface area contributed by atoms with E-state index in [9.17, 15) is 13.6 Å². The van der Waals surface area contributed by atoms with Gasteiger partial charge in [-0.3, -0.25) is 9.69 Å². The zero-order valence-corrected chi connectivity index (χ0v) is 12.3. The van der Waals surface area contributed by atoms with Gasteiger partial charge in [-0.2, -0.15) is 0 Å². The molecule has 0 aromatic heterocycles. The van der Waals surface area contributed by atoms with Gasteiger partial charge in [-0.05, 0) is 40.9 Å². The maximum absolute atomic E-state index is 13.6. The fourth-order valence-electron chi connectivity index (χ4n) is 2.25. The molecule has 1 aromatic rings. The molecule has 1 heterocycles. The Balaban J connectivity index is 1.95. The largest absolute Gasteiger partial charge is 0.396 e. The van der Waals surface area contributed by atoms with Crippen LogP contribution in [-0.4, -0.2) is 42.2 Å². The van der Waals surface area contributed by atoms with Crippen molar-refractivity contribution in [3.05, 3.63) is 28.2 Å². The zero-order chi connectivity index (χ0) is 14.7. The van der Waals surface area contributed by atoms with Crippen molar-refractivity contribution in [1.82, 2.24) is 4.90 Å². The van der Waals surface area contributed by atoms with Crippen LogP contribution in [0, 0.1) is 17.6 Å². The van der Waals surface area contributed by atoms with Gasteiger partial charge in [0.05, 0.1) is 12.2 Å². The van der Waals surface area contributed by atoms with E-state index in [4.69, 9.17) is 5.11 Å². The zero-order valence-electron chi connectivity index (χ0n) is 10.7. The molecular weight excluding hydrogens is 334 g/mol. The highest BCUT2D eigenvalue weighted by Crippen LogP contribution is 2.27. The first-order chi connectivity index (χ1) is 9.49. The lowest BCUT2D eigenvalue weighted by Gasteiger charge is -2.16. The quantitative estimate of drug-likeness (QED) is 0.874. The minimum absolute atomic E-state index is 0.0608. The number of anilines is 1. The van der Waals surface area contributed by atoms with Gasteiger partial charge in [0.15, 0.2) is 5.82 Å². The van der Waals surface area contributed by atoms with Crippen LogP contribution in [0.3, 0.4) is 0 Å². The van der Waals surface area contributed by atoms with Crippen molar-refractivity contribution in [2.45, 2.75) is 6.42 Å². The molecule has 0 aliphatic carbocycles. The second kappa shape index (κ2) is 6.60. The minimum Gasteiger partial charge on any atom is -0.396 e. The number of carbonyl (C=O) groups is 1. The second-order valence-electron chi connectivity index (χ2n) is 4.87. The molecule has 20 heavy (non-hydrogen) atoms. The molecule has 0 bridgehead atoms. The van der Waals surface area contributed by atoms with E-state index >= 15 is 0 Å². The summed E-state index contributed by atoms with van der Waals surface area (Å²) in [7, 11) is 0. The van der Waals surface area contributed by atoms with Gasteiger partial charge >= 0.3 is 0 Å². The Kier molecular flexibility index (Phi) is 5.06. The Labute approximate surface area is 123 Å². The summed E-state index contributed by atoms with van der Waals surface area (Å²) in [6, 6.07) is 1.81. The number of carbonyl (C=O) groups excluding carboxylic acids is 1. The van der Waals surface area contributed by atoms with Gasteiger partial charge in [-0.15, -0.1) is 0 Å². The van der Waals surface area contributed by atoms with E-state index < -0.39 is 11.6 Å². The molecule has 2 N–H and O–H groups in total. The monoisotopic (exact) mass is 348 g/mol. The summed E-state index contributed by atoms with van der Waals surface area (Å²) in [5.74, 6) is -1.70. The third-order valence-corrected chi connectivity index (χ3v) is 3.89. The molecule has 7 heteroatoms. The Hall–Kier alpha value is -1.05. The van der Waals surface area contributed by atoms with E-state index in [2.05, 4.69) is 21.2 Å². The molecule has 0 saturated carbocycles. The summed E-state index contributed by atoms with van der Waals surface area (Å²) in [4.78, 5) is 13.8. The summed E-state index contributed by atoms with van der Waals surface area (Å²) in [5.41, 5.74) is -0.0608.